The summed E-state index contributed by atoms with van der Waals surface area (Å²) in [4.78, 5) is 0. The summed E-state index contributed by atoms with van der Waals surface area (Å²) in [6, 6.07) is 0. The van der Waals surface area contributed by atoms with Gasteiger partial charge in [0.15, 0.2) is 0 Å². The zero-order valence-electron chi connectivity index (χ0n) is 6.20. The Kier molecular flexibility index (Phi) is 3.05. The summed E-state index contributed by atoms with van der Waals surface area (Å²) in [6.07, 6.45) is 11.6. The van der Waals surface area contributed by atoms with Crippen LogP contribution in [0.25, 0.3) is 0 Å². The number of thiol groups is 1. The fraction of sp³-hybridized carbons (Fsp3) is 0.111. The summed E-state index contributed by atoms with van der Waals surface area (Å²) in [5.74, 6) is 0.744. The predicted molar refractivity (Wildman–Crippen MR) is 52.5 cm³/mol. The van der Waals surface area contributed by atoms with Gasteiger partial charge in [0.1, 0.15) is 0 Å². The van der Waals surface area contributed by atoms with E-state index in [9.17, 15) is 0 Å². The molecule has 0 heterocycles. The second-order valence-corrected chi connectivity index (χ2v) is 2.60. The van der Waals surface area contributed by atoms with Gasteiger partial charge in [-0.1, -0.05) is 24.3 Å². The lowest BCUT2D eigenvalue weighted by molar-refractivity contribution is 1.40. The molecule has 1 aliphatic carbocycles. The first-order valence-corrected chi connectivity index (χ1v) is 4.08. The minimum atomic E-state index is 0.744. The van der Waals surface area contributed by atoms with Gasteiger partial charge in [0.2, 0.25) is 0 Å². The molecule has 2 heteroatoms. The molecule has 0 spiro atoms. The molecule has 0 saturated carbocycles. The summed E-state index contributed by atoms with van der Waals surface area (Å²) in [7, 11) is 0. The SMILES string of the molecule is NC1=C/C=C(CS)\C=C/C=C\1. The Morgan fingerprint density at radius 1 is 1.18 bits per heavy atom. The molecule has 58 valence electrons. The number of rotatable bonds is 1. The summed E-state index contributed by atoms with van der Waals surface area (Å²) >= 11 is 4.16. The second-order valence-electron chi connectivity index (χ2n) is 2.28. The molecule has 0 radical (unpaired) electrons. The molecule has 0 saturated heterocycles. The van der Waals surface area contributed by atoms with Crippen LogP contribution in [0.2, 0.25) is 0 Å². The van der Waals surface area contributed by atoms with Crippen LogP contribution < -0.4 is 5.73 Å². The van der Waals surface area contributed by atoms with Crippen LogP contribution in [-0.2, 0) is 0 Å². The first kappa shape index (κ1) is 8.21. The van der Waals surface area contributed by atoms with Crippen LogP contribution in [-0.4, -0.2) is 5.75 Å². The van der Waals surface area contributed by atoms with E-state index >= 15 is 0 Å². The Hall–Kier alpha value is -0.890. The van der Waals surface area contributed by atoms with E-state index in [0.29, 0.717) is 0 Å². The smallest absolute Gasteiger partial charge is 0.0314 e. The van der Waals surface area contributed by atoms with Crippen LogP contribution in [0.4, 0.5) is 0 Å². The predicted octanol–water partition coefficient (Wildman–Crippen LogP) is 1.81. The molecule has 0 atom stereocenters. The van der Waals surface area contributed by atoms with E-state index in [4.69, 9.17) is 5.73 Å². The van der Waals surface area contributed by atoms with Gasteiger partial charge in [0.05, 0.1) is 0 Å². The minimum Gasteiger partial charge on any atom is -0.399 e. The van der Waals surface area contributed by atoms with E-state index in [1.807, 2.05) is 36.5 Å². The van der Waals surface area contributed by atoms with Crippen molar-refractivity contribution < 1.29 is 0 Å². The third-order valence-corrected chi connectivity index (χ3v) is 1.75. The fourth-order valence-corrected chi connectivity index (χ4v) is 0.976. The average molecular weight is 165 g/mol. The van der Waals surface area contributed by atoms with Crippen molar-refractivity contribution in [2.24, 2.45) is 5.73 Å². The normalized spacial score (nSPS) is 32.1. The highest BCUT2D eigenvalue weighted by molar-refractivity contribution is 7.80. The van der Waals surface area contributed by atoms with Crippen LogP contribution in [0.5, 0.6) is 0 Å². The first-order valence-electron chi connectivity index (χ1n) is 3.45. The molecule has 11 heavy (non-hydrogen) atoms. The van der Waals surface area contributed by atoms with Crippen molar-refractivity contribution in [2.75, 3.05) is 5.75 Å². The second kappa shape index (κ2) is 4.09. The van der Waals surface area contributed by atoms with Gasteiger partial charge in [-0.05, 0) is 17.7 Å². The monoisotopic (exact) mass is 165 g/mol. The van der Waals surface area contributed by atoms with E-state index < -0.39 is 0 Å². The van der Waals surface area contributed by atoms with E-state index in [1.165, 1.54) is 5.57 Å². The molecule has 0 fully saturated rings. The maximum absolute atomic E-state index is 5.59. The molecular weight excluding hydrogens is 154 g/mol. The van der Waals surface area contributed by atoms with Crippen molar-refractivity contribution in [2.45, 2.75) is 0 Å². The van der Waals surface area contributed by atoms with Crippen molar-refractivity contribution in [3.63, 3.8) is 0 Å². The lowest BCUT2D eigenvalue weighted by Crippen LogP contribution is -1.92. The quantitative estimate of drug-likeness (QED) is 0.569. The molecule has 0 aromatic carbocycles. The third kappa shape index (κ3) is 2.68. The molecule has 0 aromatic rings. The highest BCUT2D eigenvalue weighted by Crippen LogP contribution is 2.04. The zero-order chi connectivity index (χ0) is 8.10. The molecular formula is C9H11NS. The van der Waals surface area contributed by atoms with Crippen molar-refractivity contribution in [3.05, 3.63) is 47.7 Å². The van der Waals surface area contributed by atoms with Crippen molar-refractivity contribution in [3.8, 4) is 0 Å². The van der Waals surface area contributed by atoms with Crippen LogP contribution in [0.15, 0.2) is 47.7 Å². The summed E-state index contributed by atoms with van der Waals surface area (Å²) in [5.41, 5.74) is 7.53. The Labute approximate surface area is 72.4 Å². The lowest BCUT2D eigenvalue weighted by Gasteiger charge is -1.96. The van der Waals surface area contributed by atoms with Crippen LogP contribution >= 0.6 is 12.6 Å². The molecule has 0 aromatic heterocycles. The fourth-order valence-electron chi connectivity index (χ4n) is 0.766. The molecule has 1 nitrogen and oxygen atoms in total. The molecule has 0 amide bonds. The molecule has 2 N–H and O–H groups in total. The Morgan fingerprint density at radius 2 is 1.91 bits per heavy atom. The Morgan fingerprint density at radius 3 is 2.64 bits per heavy atom. The van der Waals surface area contributed by atoms with E-state index in [-0.39, 0.29) is 0 Å². The Balaban J connectivity index is 2.84. The maximum Gasteiger partial charge on any atom is 0.0314 e. The van der Waals surface area contributed by atoms with Gasteiger partial charge in [0, 0.05) is 11.4 Å². The first-order chi connectivity index (χ1) is 5.33. The number of hydrogen-bond acceptors (Lipinski definition) is 2. The zero-order valence-corrected chi connectivity index (χ0v) is 7.09. The maximum atomic E-state index is 5.59. The molecule has 1 aliphatic rings. The lowest BCUT2D eigenvalue weighted by atomic mass is 10.2. The van der Waals surface area contributed by atoms with Gasteiger partial charge in [-0.2, -0.15) is 12.6 Å². The third-order valence-electron chi connectivity index (χ3n) is 1.38. The van der Waals surface area contributed by atoms with Gasteiger partial charge >= 0.3 is 0 Å². The van der Waals surface area contributed by atoms with Crippen molar-refractivity contribution in [1.82, 2.24) is 0 Å². The van der Waals surface area contributed by atoms with Gasteiger partial charge in [-0.15, -0.1) is 0 Å². The number of hydrogen-bond donors (Lipinski definition) is 2. The number of nitrogens with two attached hydrogens (primary N) is 1. The van der Waals surface area contributed by atoms with Gasteiger partial charge < -0.3 is 5.73 Å². The van der Waals surface area contributed by atoms with Crippen LogP contribution in [0.3, 0.4) is 0 Å². The average Bonchev–Trinajstić information content (AvgIpc) is 1.98. The minimum absolute atomic E-state index is 0.744. The topological polar surface area (TPSA) is 26.0 Å². The molecule has 0 unspecified atom stereocenters. The Bertz CT molecular complexity index is 246. The summed E-state index contributed by atoms with van der Waals surface area (Å²) in [6.45, 7) is 0. The summed E-state index contributed by atoms with van der Waals surface area (Å²) in [5, 5.41) is 0. The van der Waals surface area contributed by atoms with Crippen LogP contribution in [0, 0.1) is 0 Å². The van der Waals surface area contributed by atoms with Gasteiger partial charge in [-0.3, -0.25) is 0 Å². The molecule has 1 rings (SSSR count). The highest BCUT2D eigenvalue weighted by atomic mass is 32.1. The van der Waals surface area contributed by atoms with Gasteiger partial charge in [-0.25, -0.2) is 0 Å². The standard InChI is InChI=1S/C9H11NS/c10-9-4-2-1-3-8(7-11)5-6-9/h1-6,11H,7,10H2/b2-1?,3-1-,4-2-,6-5?,8-3?,8-5+,9-4?,9-6+. The molecule has 0 aliphatic heterocycles. The van der Waals surface area contributed by atoms with E-state index in [1.54, 1.807) is 0 Å². The number of allylic oxidation sites excluding steroid dienone is 6. The molecule has 0 bridgehead atoms. The largest absolute Gasteiger partial charge is 0.399 e. The van der Waals surface area contributed by atoms with Crippen molar-refractivity contribution in [1.29, 1.82) is 0 Å². The highest BCUT2D eigenvalue weighted by Gasteiger charge is 1.88. The van der Waals surface area contributed by atoms with Gasteiger partial charge in [0.25, 0.3) is 0 Å². The van der Waals surface area contributed by atoms with E-state index in [0.717, 1.165) is 11.4 Å². The van der Waals surface area contributed by atoms with E-state index in [2.05, 4.69) is 12.6 Å². The summed E-state index contributed by atoms with van der Waals surface area (Å²) < 4.78 is 0. The van der Waals surface area contributed by atoms with Crippen LogP contribution in [0.1, 0.15) is 0 Å². The van der Waals surface area contributed by atoms with Crippen molar-refractivity contribution >= 4 is 12.6 Å².